The predicted octanol–water partition coefficient (Wildman–Crippen LogP) is -2.01. The molecule has 0 unspecified atom stereocenters. The summed E-state index contributed by atoms with van der Waals surface area (Å²) >= 11 is 1.23. The molecule has 0 aromatic heterocycles. The summed E-state index contributed by atoms with van der Waals surface area (Å²) in [7, 11) is 0. The summed E-state index contributed by atoms with van der Waals surface area (Å²) in [6.45, 7) is -0.0102. The first-order valence-corrected chi connectivity index (χ1v) is 4.97. The Hall–Kier alpha value is -0.140. The number of rotatable bonds is 7. The number of carbonyl (C=O) groups excluding carboxylic acids is 1. The molecule has 78 valence electrons. The van der Waals surface area contributed by atoms with E-state index < -0.39 is 18.3 Å². The third-order valence-electron chi connectivity index (χ3n) is 1.41. The Morgan fingerprint density at radius 3 is 2.38 bits per heavy atom. The van der Waals surface area contributed by atoms with E-state index in [4.69, 9.17) is 15.3 Å². The lowest BCUT2D eigenvalue weighted by atomic mass is 10.1. The lowest BCUT2D eigenvalue weighted by Gasteiger charge is -2.18. The molecule has 0 saturated heterocycles. The maximum absolute atomic E-state index is 10.0. The van der Waals surface area contributed by atoms with Gasteiger partial charge < -0.3 is 25.2 Å². The van der Waals surface area contributed by atoms with Crippen molar-refractivity contribution < 1.29 is 25.2 Å². The van der Waals surface area contributed by atoms with Crippen molar-refractivity contribution in [2.24, 2.45) is 0 Å². The second-order valence-corrected chi connectivity index (χ2v) is 3.63. The number of aliphatic hydroxyl groups excluding tert-OH is 4. The molecule has 3 atom stereocenters. The first-order valence-electron chi connectivity index (χ1n) is 3.81. The van der Waals surface area contributed by atoms with Crippen LogP contribution >= 0.6 is 11.8 Å². The number of hydrogen-bond donors (Lipinski definition) is 4. The van der Waals surface area contributed by atoms with Crippen molar-refractivity contribution in [3.63, 3.8) is 0 Å². The van der Waals surface area contributed by atoms with Gasteiger partial charge in [0, 0.05) is 11.5 Å². The summed E-state index contributed by atoms with van der Waals surface area (Å²) in [6.07, 6.45) is -3.99. The van der Waals surface area contributed by atoms with Crippen molar-refractivity contribution in [2.45, 2.75) is 18.3 Å². The molecule has 0 spiro atoms. The molecule has 0 amide bonds. The lowest BCUT2D eigenvalue weighted by Crippen LogP contribution is -2.39. The van der Waals surface area contributed by atoms with Crippen molar-refractivity contribution in [2.75, 3.05) is 18.1 Å². The zero-order valence-electron chi connectivity index (χ0n) is 7.04. The average molecular weight is 210 g/mol. The van der Waals surface area contributed by atoms with Crippen LogP contribution in [0.2, 0.25) is 0 Å². The standard InChI is InChI=1S/C7H14O5S/c8-1-2-13-4-6(11)7(12)5(10)3-9/h3,5-8,10-12H,1-2,4H2/t5-,6+,7-/m0/s1. The summed E-state index contributed by atoms with van der Waals surface area (Å²) in [5.74, 6) is 0.619. The van der Waals surface area contributed by atoms with Crippen LogP contribution in [0.4, 0.5) is 0 Å². The van der Waals surface area contributed by atoms with Gasteiger partial charge >= 0.3 is 0 Å². The van der Waals surface area contributed by atoms with Crippen molar-refractivity contribution >= 4 is 18.0 Å². The summed E-state index contributed by atoms with van der Waals surface area (Å²) in [5, 5.41) is 35.5. The molecule has 0 aliphatic heterocycles. The fraction of sp³-hybridized carbons (Fsp3) is 0.857. The van der Waals surface area contributed by atoms with Gasteiger partial charge in [0.25, 0.3) is 0 Å². The van der Waals surface area contributed by atoms with Crippen LogP contribution in [0, 0.1) is 0 Å². The highest BCUT2D eigenvalue weighted by Gasteiger charge is 2.23. The van der Waals surface area contributed by atoms with Crippen molar-refractivity contribution in [3.05, 3.63) is 0 Å². The number of hydrogen-bond acceptors (Lipinski definition) is 6. The third kappa shape index (κ3) is 5.22. The average Bonchev–Trinajstić information content (AvgIpc) is 2.15. The van der Waals surface area contributed by atoms with Gasteiger partial charge in [0.1, 0.15) is 12.2 Å². The van der Waals surface area contributed by atoms with Crippen LogP contribution in [-0.4, -0.2) is 63.1 Å². The molecule has 0 rings (SSSR count). The molecule has 0 radical (unpaired) electrons. The van der Waals surface area contributed by atoms with Crippen LogP contribution in [0.1, 0.15) is 0 Å². The quantitative estimate of drug-likeness (QED) is 0.286. The van der Waals surface area contributed by atoms with Crippen molar-refractivity contribution in [1.29, 1.82) is 0 Å². The van der Waals surface area contributed by atoms with Gasteiger partial charge in [-0.05, 0) is 0 Å². The first-order chi connectivity index (χ1) is 6.13. The van der Waals surface area contributed by atoms with Crippen LogP contribution in [0.5, 0.6) is 0 Å². The van der Waals surface area contributed by atoms with E-state index in [1.54, 1.807) is 0 Å². The van der Waals surface area contributed by atoms with Crippen LogP contribution in [-0.2, 0) is 4.79 Å². The molecule has 13 heavy (non-hydrogen) atoms. The zero-order valence-corrected chi connectivity index (χ0v) is 7.85. The topological polar surface area (TPSA) is 98.0 Å². The van der Waals surface area contributed by atoms with Gasteiger partial charge in [-0.3, -0.25) is 0 Å². The normalized spacial score (nSPS) is 17.8. The van der Waals surface area contributed by atoms with Gasteiger partial charge in [0.2, 0.25) is 0 Å². The summed E-state index contributed by atoms with van der Waals surface area (Å²) in [5.41, 5.74) is 0. The summed E-state index contributed by atoms with van der Waals surface area (Å²) in [6, 6.07) is 0. The Balaban J connectivity index is 3.68. The monoisotopic (exact) mass is 210 g/mol. The maximum atomic E-state index is 10.0. The van der Waals surface area contributed by atoms with Crippen molar-refractivity contribution in [1.82, 2.24) is 0 Å². The van der Waals surface area contributed by atoms with Gasteiger partial charge in [-0.1, -0.05) is 0 Å². The Kier molecular flexibility index (Phi) is 7.20. The van der Waals surface area contributed by atoms with Gasteiger partial charge in [-0.15, -0.1) is 0 Å². The Labute approximate surface area is 80.4 Å². The molecular formula is C7H14O5S. The minimum Gasteiger partial charge on any atom is -0.396 e. The van der Waals surface area contributed by atoms with Gasteiger partial charge in [0.15, 0.2) is 6.29 Å². The van der Waals surface area contributed by atoms with E-state index in [1.165, 1.54) is 11.8 Å². The molecule has 0 saturated carbocycles. The molecule has 0 heterocycles. The summed E-state index contributed by atoms with van der Waals surface area (Å²) < 4.78 is 0. The second-order valence-electron chi connectivity index (χ2n) is 2.48. The van der Waals surface area contributed by atoms with Gasteiger partial charge in [-0.25, -0.2) is 0 Å². The van der Waals surface area contributed by atoms with E-state index in [0.717, 1.165) is 0 Å². The van der Waals surface area contributed by atoms with E-state index in [9.17, 15) is 9.90 Å². The predicted molar refractivity (Wildman–Crippen MR) is 48.5 cm³/mol. The lowest BCUT2D eigenvalue weighted by molar-refractivity contribution is -0.124. The van der Waals surface area contributed by atoms with Crippen LogP contribution < -0.4 is 0 Å². The molecule has 0 fully saturated rings. The highest BCUT2D eigenvalue weighted by atomic mass is 32.2. The number of carbonyl (C=O) groups is 1. The molecule has 0 aromatic carbocycles. The van der Waals surface area contributed by atoms with Crippen molar-refractivity contribution in [3.8, 4) is 0 Å². The van der Waals surface area contributed by atoms with E-state index in [1.807, 2.05) is 0 Å². The number of thioether (sulfide) groups is 1. The largest absolute Gasteiger partial charge is 0.396 e. The fourth-order valence-electron chi connectivity index (χ4n) is 0.675. The van der Waals surface area contributed by atoms with Gasteiger partial charge in [0.05, 0.1) is 12.7 Å². The summed E-state index contributed by atoms with van der Waals surface area (Å²) in [4.78, 5) is 10.0. The van der Waals surface area contributed by atoms with E-state index in [2.05, 4.69) is 0 Å². The molecule has 0 aromatic rings. The third-order valence-corrected chi connectivity index (χ3v) is 2.46. The Morgan fingerprint density at radius 1 is 1.31 bits per heavy atom. The molecular weight excluding hydrogens is 196 g/mol. The van der Waals surface area contributed by atoms with E-state index in [-0.39, 0.29) is 18.6 Å². The minimum atomic E-state index is -1.55. The van der Waals surface area contributed by atoms with Crippen LogP contribution in [0.15, 0.2) is 0 Å². The molecule has 0 aliphatic carbocycles. The van der Waals surface area contributed by atoms with Gasteiger partial charge in [-0.2, -0.15) is 11.8 Å². The number of aliphatic hydroxyl groups is 4. The number of aldehydes is 1. The first kappa shape index (κ1) is 12.9. The van der Waals surface area contributed by atoms with Crippen LogP contribution in [0.25, 0.3) is 0 Å². The maximum Gasteiger partial charge on any atom is 0.151 e. The highest BCUT2D eigenvalue weighted by molar-refractivity contribution is 7.99. The SMILES string of the molecule is O=C[C@H](O)[C@H](O)[C@H](O)CSCCO. The smallest absolute Gasteiger partial charge is 0.151 e. The molecule has 0 aliphatic rings. The zero-order chi connectivity index (χ0) is 10.3. The second kappa shape index (κ2) is 7.28. The molecule has 4 N–H and O–H groups in total. The highest BCUT2D eigenvalue weighted by Crippen LogP contribution is 2.07. The Morgan fingerprint density at radius 2 is 1.92 bits per heavy atom. The molecule has 6 heteroatoms. The fourth-order valence-corrected chi connectivity index (χ4v) is 1.41. The Bertz CT molecular complexity index is 143. The molecule has 5 nitrogen and oxygen atoms in total. The molecule has 0 bridgehead atoms. The minimum absolute atomic E-state index is 0.0102. The van der Waals surface area contributed by atoms with E-state index in [0.29, 0.717) is 5.75 Å². The van der Waals surface area contributed by atoms with E-state index >= 15 is 0 Å². The van der Waals surface area contributed by atoms with Crippen LogP contribution in [0.3, 0.4) is 0 Å².